The van der Waals surface area contributed by atoms with Crippen LogP contribution in [0.3, 0.4) is 0 Å². The van der Waals surface area contributed by atoms with Gasteiger partial charge in [0.15, 0.2) is 5.84 Å². The van der Waals surface area contributed by atoms with Crippen LogP contribution in [-0.2, 0) is 0 Å². The second-order valence-electron chi connectivity index (χ2n) is 4.93. The highest BCUT2D eigenvalue weighted by Crippen LogP contribution is 2.25. The number of hydrazone groups is 1. The van der Waals surface area contributed by atoms with E-state index in [0.29, 0.717) is 17.2 Å². The van der Waals surface area contributed by atoms with Crippen molar-refractivity contribution >= 4 is 57.4 Å². The molecule has 0 radical (unpaired) electrons. The van der Waals surface area contributed by atoms with Gasteiger partial charge >= 0.3 is 0 Å². The van der Waals surface area contributed by atoms with Crippen molar-refractivity contribution in [3.8, 4) is 0 Å². The van der Waals surface area contributed by atoms with Crippen molar-refractivity contribution in [2.24, 2.45) is 5.10 Å². The van der Waals surface area contributed by atoms with E-state index in [9.17, 15) is 4.39 Å². The van der Waals surface area contributed by atoms with Crippen molar-refractivity contribution < 1.29 is 4.39 Å². The molecular formula is C15H13FIN5S. The lowest BCUT2D eigenvalue weighted by Crippen LogP contribution is -2.38. The molecule has 2 aromatic rings. The Bertz CT molecular complexity index is 782. The number of halogens is 2. The molecule has 2 N–H and O–H groups in total. The summed E-state index contributed by atoms with van der Waals surface area (Å²) >= 11 is 7.05. The van der Waals surface area contributed by atoms with Crippen molar-refractivity contribution in [3.63, 3.8) is 0 Å². The zero-order valence-electron chi connectivity index (χ0n) is 12.1. The lowest BCUT2D eigenvalue weighted by atomic mass is 10.2. The molecule has 1 unspecified atom stereocenters. The quantitative estimate of drug-likeness (QED) is 0.565. The third kappa shape index (κ3) is 3.27. The number of hydrogen-bond donors (Lipinski definition) is 2. The predicted octanol–water partition coefficient (Wildman–Crippen LogP) is 3.09. The number of benzene rings is 1. The molecular weight excluding hydrogens is 428 g/mol. The molecule has 3 rings (SSSR count). The number of aromatic nitrogens is 1. The molecule has 5 nitrogen and oxygen atoms in total. The molecule has 0 aliphatic carbocycles. The summed E-state index contributed by atoms with van der Waals surface area (Å²) in [7, 11) is 1.89. The molecule has 2 heterocycles. The van der Waals surface area contributed by atoms with Crippen LogP contribution in [0.15, 0.2) is 41.8 Å². The van der Waals surface area contributed by atoms with E-state index in [0.717, 1.165) is 9.13 Å². The SMILES string of the molecule is CN1C(c2ccncc2Nc2ccc(I)cc2F)=NNC1C=S. The molecule has 1 aliphatic rings. The number of pyridine rings is 1. The summed E-state index contributed by atoms with van der Waals surface area (Å²) < 4.78 is 14.9. The fourth-order valence-corrected chi connectivity index (χ4v) is 2.92. The Morgan fingerprint density at radius 3 is 2.91 bits per heavy atom. The number of anilines is 2. The fourth-order valence-electron chi connectivity index (χ4n) is 2.22. The lowest BCUT2D eigenvalue weighted by Gasteiger charge is -2.20. The standard InChI is InChI=1S/C15H13FIN5S/c1-22-14(8-23)20-21-15(22)10-4-5-18-7-13(10)19-12-3-2-9(17)6-11(12)16/h2-8,14,19-20H,1H3. The molecule has 1 aromatic carbocycles. The first-order chi connectivity index (χ1) is 11.1. The highest BCUT2D eigenvalue weighted by molar-refractivity contribution is 14.1. The summed E-state index contributed by atoms with van der Waals surface area (Å²) in [6, 6.07) is 6.84. The minimum absolute atomic E-state index is 0.143. The second-order valence-corrected chi connectivity index (χ2v) is 6.44. The molecule has 1 atom stereocenters. The monoisotopic (exact) mass is 441 g/mol. The summed E-state index contributed by atoms with van der Waals surface area (Å²) in [6.07, 6.45) is 3.18. The van der Waals surface area contributed by atoms with Gasteiger partial charge in [-0.15, -0.1) is 0 Å². The number of nitrogens with one attached hydrogen (secondary N) is 2. The van der Waals surface area contributed by atoms with Crippen LogP contribution < -0.4 is 10.7 Å². The Kier molecular flexibility index (Phi) is 4.71. The molecule has 0 amide bonds. The van der Waals surface area contributed by atoms with Crippen LogP contribution in [0.1, 0.15) is 5.56 Å². The summed E-state index contributed by atoms with van der Waals surface area (Å²) in [5.41, 5.74) is 4.82. The van der Waals surface area contributed by atoms with Crippen molar-refractivity contribution in [1.82, 2.24) is 15.3 Å². The maximum atomic E-state index is 14.1. The van der Waals surface area contributed by atoms with Gasteiger partial charge in [-0.2, -0.15) is 5.10 Å². The fraction of sp³-hybridized carbons (Fsp3) is 0.133. The van der Waals surface area contributed by atoms with Crippen LogP contribution >= 0.6 is 34.8 Å². The zero-order chi connectivity index (χ0) is 16.4. The molecule has 0 saturated carbocycles. The van der Waals surface area contributed by atoms with Gasteiger partial charge in [-0.05, 0) is 46.9 Å². The Balaban J connectivity index is 1.94. The Morgan fingerprint density at radius 1 is 1.39 bits per heavy atom. The molecule has 0 spiro atoms. The van der Waals surface area contributed by atoms with E-state index < -0.39 is 0 Å². The molecule has 118 valence electrons. The Hall–Kier alpha value is -1.81. The van der Waals surface area contributed by atoms with E-state index in [2.05, 4.69) is 43.4 Å². The molecule has 1 aliphatic heterocycles. The van der Waals surface area contributed by atoms with Crippen molar-refractivity contribution in [2.45, 2.75) is 6.17 Å². The summed E-state index contributed by atoms with van der Waals surface area (Å²) in [5.74, 6) is 0.398. The first kappa shape index (κ1) is 16.1. The topological polar surface area (TPSA) is 52.6 Å². The summed E-state index contributed by atoms with van der Waals surface area (Å²) in [4.78, 5) is 6.03. The molecule has 8 heteroatoms. The maximum absolute atomic E-state index is 14.1. The van der Waals surface area contributed by atoms with E-state index in [1.807, 2.05) is 24.1 Å². The minimum atomic E-state index is -0.316. The summed E-state index contributed by atoms with van der Waals surface area (Å²) in [6.45, 7) is 0. The number of nitrogens with zero attached hydrogens (tertiary/aromatic N) is 3. The van der Waals surface area contributed by atoms with E-state index in [-0.39, 0.29) is 12.0 Å². The van der Waals surface area contributed by atoms with Crippen LogP contribution in [-0.4, -0.2) is 34.3 Å². The second kappa shape index (κ2) is 6.75. The van der Waals surface area contributed by atoms with E-state index in [4.69, 9.17) is 12.2 Å². The zero-order valence-corrected chi connectivity index (χ0v) is 15.1. The van der Waals surface area contributed by atoms with Crippen LogP contribution in [0.2, 0.25) is 0 Å². The average Bonchev–Trinajstić information content (AvgIpc) is 2.91. The number of rotatable bonds is 4. The van der Waals surface area contributed by atoms with Crippen molar-refractivity contribution in [2.75, 3.05) is 12.4 Å². The molecule has 0 bridgehead atoms. The maximum Gasteiger partial charge on any atom is 0.159 e. The molecule has 23 heavy (non-hydrogen) atoms. The van der Waals surface area contributed by atoms with Crippen LogP contribution in [0.5, 0.6) is 0 Å². The molecule has 0 fully saturated rings. The van der Waals surface area contributed by atoms with Gasteiger partial charge in [0.05, 0.1) is 17.6 Å². The van der Waals surface area contributed by atoms with Crippen LogP contribution in [0.4, 0.5) is 15.8 Å². The van der Waals surface area contributed by atoms with Gasteiger partial charge in [-0.1, -0.05) is 12.2 Å². The largest absolute Gasteiger partial charge is 0.351 e. The number of thiocarbonyl (C=S) groups is 1. The van der Waals surface area contributed by atoms with Gasteiger partial charge in [0.1, 0.15) is 12.0 Å². The smallest absolute Gasteiger partial charge is 0.159 e. The lowest BCUT2D eigenvalue weighted by molar-refractivity contribution is 0.447. The summed E-state index contributed by atoms with van der Waals surface area (Å²) in [5, 5.41) is 9.00. The van der Waals surface area contributed by atoms with Crippen molar-refractivity contribution in [3.05, 3.63) is 51.6 Å². The van der Waals surface area contributed by atoms with Crippen molar-refractivity contribution in [1.29, 1.82) is 0 Å². The third-order valence-corrected chi connectivity index (χ3v) is 4.37. The van der Waals surface area contributed by atoms with Gasteiger partial charge in [0.25, 0.3) is 0 Å². The van der Waals surface area contributed by atoms with Gasteiger partial charge in [0, 0.05) is 27.7 Å². The van der Waals surface area contributed by atoms with Gasteiger partial charge in [0.2, 0.25) is 0 Å². The van der Waals surface area contributed by atoms with Gasteiger partial charge in [-0.3, -0.25) is 10.4 Å². The molecule has 0 saturated heterocycles. The van der Waals surface area contributed by atoms with E-state index >= 15 is 0 Å². The normalized spacial score (nSPS) is 16.7. The molecule has 1 aromatic heterocycles. The highest BCUT2D eigenvalue weighted by atomic mass is 127. The van der Waals surface area contributed by atoms with Crippen LogP contribution in [0, 0.1) is 9.39 Å². The van der Waals surface area contributed by atoms with Gasteiger partial charge < -0.3 is 10.2 Å². The Labute approximate surface area is 152 Å². The minimum Gasteiger partial charge on any atom is -0.351 e. The predicted molar refractivity (Wildman–Crippen MR) is 102 cm³/mol. The number of hydrogen-bond acceptors (Lipinski definition) is 6. The first-order valence-electron chi connectivity index (χ1n) is 6.78. The third-order valence-electron chi connectivity index (χ3n) is 3.45. The Morgan fingerprint density at radius 2 is 2.22 bits per heavy atom. The first-order valence-corrected chi connectivity index (χ1v) is 8.33. The number of amidine groups is 1. The average molecular weight is 441 g/mol. The highest BCUT2D eigenvalue weighted by Gasteiger charge is 2.25. The van der Waals surface area contributed by atoms with E-state index in [1.54, 1.807) is 23.8 Å². The van der Waals surface area contributed by atoms with Crippen LogP contribution in [0.25, 0.3) is 0 Å². The van der Waals surface area contributed by atoms with E-state index in [1.165, 1.54) is 6.07 Å². The van der Waals surface area contributed by atoms with Gasteiger partial charge in [-0.25, -0.2) is 4.39 Å².